The van der Waals surface area contributed by atoms with Gasteiger partial charge < -0.3 is 10.6 Å². The number of rotatable bonds is 3. The molecule has 1 rings (SSSR count). The Morgan fingerprint density at radius 2 is 1.85 bits per heavy atom. The van der Waals surface area contributed by atoms with Gasteiger partial charge in [-0.15, -0.1) is 0 Å². The van der Waals surface area contributed by atoms with Crippen molar-refractivity contribution >= 4 is 5.91 Å². The number of carbonyl (C=O) groups excluding carboxylic acids is 1. The topological polar surface area (TPSA) is 46.3 Å². The van der Waals surface area contributed by atoms with E-state index in [-0.39, 0.29) is 11.9 Å². The van der Waals surface area contributed by atoms with Crippen molar-refractivity contribution in [1.82, 2.24) is 4.90 Å². The molecule has 3 heteroatoms. The highest BCUT2D eigenvalue weighted by Gasteiger charge is 2.48. The van der Waals surface area contributed by atoms with Crippen molar-refractivity contribution in [3.63, 3.8) is 0 Å². The minimum absolute atomic E-state index is 0.105. The number of carbonyl (C=O) groups is 1. The molecule has 3 nitrogen and oxygen atoms in total. The van der Waals surface area contributed by atoms with Crippen LogP contribution in [0.15, 0.2) is 0 Å². The van der Waals surface area contributed by atoms with Crippen LogP contribution >= 0.6 is 0 Å². The van der Waals surface area contributed by atoms with Crippen LogP contribution in [0.5, 0.6) is 0 Å². The zero-order chi connectivity index (χ0) is 10.2. The maximum absolute atomic E-state index is 11.8. The Bertz CT molecular complexity index is 209. The van der Waals surface area contributed by atoms with E-state index in [4.69, 9.17) is 5.73 Å². The Labute approximate surface area is 80.3 Å². The molecule has 0 bridgehead atoms. The van der Waals surface area contributed by atoms with Crippen LogP contribution in [0, 0.1) is 5.92 Å². The quantitative estimate of drug-likeness (QED) is 0.710. The lowest BCUT2D eigenvalue weighted by Gasteiger charge is -2.30. The van der Waals surface area contributed by atoms with Crippen LogP contribution in [0.3, 0.4) is 0 Å². The van der Waals surface area contributed by atoms with Gasteiger partial charge in [0, 0.05) is 13.1 Å². The van der Waals surface area contributed by atoms with E-state index in [1.807, 2.05) is 7.05 Å². The number of hydrogen-bond donors (Lipinski definition) is 1. The van der Waals surface area contributed by atoms with E-state index in [9.17, 15) is 4.79 Å². The maximum atomic E-state index is 11.8. The zero-order valence-corrected chi connectivity index (χ0v) is 9.00. The fraction of sp³-hybridized carbons (Fsp3) is 0.900. The van der Waals surface area contributed by atoms with Crippen molar-refractivity contribution < 1.29 is 4.79 Å². The summed E-state index contributed by atoms with van der Waals surface area (Å²) in [6.07, 6.45) is 1.70. The van der Waals surface area contributed by atoms with Gasteiger partial charge >= 0.3 is 0 Å². The monoisotopic (exact) mass is 184 g/mol. The van der Waals surface area contributed by atoms with E-state index in [2.05, 4.69) is 20.8 Å². The van der Waals surface area contributed by atoms with Gasteiger partial charge in [0.15, 0.2) is 0 Å². The highest BCUT2D eigenvalue weighted by molar-refractivity contribution is 5.89. The molecule has 0 saturated heterocycles. The fourth-order valence-corrected chi connectivity index (χ4v) is 1.33. The third-order valence-electron chi connectivity index (χ3n) is 3.11. The Hall–Kier alpha value is -0.570. The molecule has 1 amide bonds. The van der Waals surface area contributed by atoms with Crippen molar-refractivity contribution in [2.24, 2.45) is 11.7 Å². The van der Waals surface area contributed by atoms with E-state index in [1.54, 1.807) is 4.90 Å². The standard InChI is InChI=1S/C10H20N2O/c1-7(2)8(3)12(4)9(13)10(11)5-6-10/h7-8H,5-6,11H2,1-4H3. The molecule has 1 unspecified atom stereocenters. The van der Waals surface area contributed by atoms with Crippen LogP contribution in [0.4, 0.5) is 0 Å². The lowest BCUT2D eigenvalue weighted by atomic mass is 10.0. The van der Waals surface area contributed by atoms with Gasteiger partial charge in [-0.2, -0.15) is 0 Å². The minimum Gasteiger partial charge on any atom is -0.341 e. The Kier molecular flexibility index (Phi) is 2.66. The zero-order valence-electron chi connectivity index (χ0n) is 9.00. The summed E-state index contributed by atoms with van der Waals surface area (Å²) in [5, 5.41) is 0. The average Bonchev–Trinajstić information content (AvgIpc) is 2.80. The van der Waals surface area contributed by atoms with Crippen molar-refractivity contribution in [2.75, 3.05) is 7.05 Å². The second-order valence-electron chi connectivity index (χ2n) is 4.56. The summed E-state index contributed by atoms with van der Waals surface area (Å²) in [4.78, 5) is 13.6. The van der Waals surface area contributed by atoms with E-state index in [1.165, 1.54) is 0 Å². The number of amides is 1. The summed E-state index contributed by atoms with van der Waals surface area (Å²) in [6.45, 7) is 6.30. The average molecular weight is 184 g/mol. The molecule has 0 heterocycles. The summed E-state index contributed by atoms with van der Waals surface area (Å²) in [5.74, 6) is 0.588. The summed E-state index contributed by atoms with van der Waals surface area (Å²) in [7, 11) is 1.85. The van der Waals surface area contributed by atoms with Crippen molar-refractivity contribution in [1.29, 1.82) is 0 Å². The number of nitrogens with two attached hydrogens (primary N) is 1. The Morgan fingerprint density at radius 1 is 1.38 bits per heavy atom. The second-order valence-corrected chi connectivity index (χ2v) is 4.56. The molecule has 0 spiro atoms. The SMILES string of the molecule is CC(C)C(C)N(C)C(=O)C1(N)CC1. The summed E-state index contributed by atoms with van der Waals surface area (Å²) >= 11 is 0. The molecule has 0 aromatic heterocycles. The summed E-state index contributed by atoms with van der Waals surface area (Å²) in [6, 6.07) is 0.272. The highest BCUT2D eigenvalue weighted by atomic mass is 16.2. The normalized spacial score (nSPS) is 21.4. The molecule has 0 radical (unpaired) electrons. The van der Waals surface area contributed by atoms with Gasteiger partial charge in [-0.25, -0.2) is 0 Å². The van der Waals surface area contributed by atoms with Crippen molar-refractivity contribution in [3.8, 4) is 0 Å². The van der Waals surface area contributed by atoms with Gasteiger partial charge in [-0.1, -0.05) is 13.8 Å². The van der Waals surface area contributed by atoms with E-state index in [0.29, 0.717) is 5.92 Å². The third kappa shape index (κ3) is 2.02. The second kappa shape index (κ2) is 3.29. The van der Waals surface area contributed by atoms with Gasteiger partial charge in [0.2, 0.25) is 5.91 Å². The van der Waals surface area contributed by atoms with Crippen molar-refractivity contribution in [3.05, 3.63) is 0 Å². The first-order chi connectivity index (χ1) is 5.88. The lowest BCUT2D eigenvalue weighted by Crippen LogP contribution is -2.48. The first kappa shape index (κ1) is 10.5. The molecule has 0 aromatic carbocycles. The maximum Gasteiger partial charge on any atom is 0.242 e. The van der Waals surface area contributed by atoms with E-state index >= 15 is 0 Å². The Morgan fingerprint density at radius 3 is 2.15 bits per heavy atom. The third-order valence-corrected chi connectivity index (χ3v) is 3.11. The number of nitrogens with zero attached hydrogens (tertiary/aromatic N) is 1. The molecule has 1 aliphatic rings. The molecule has 13 heavy (non-hydrogen) atoms. The molecule has 1 saturated carbocycles. The van der Waals surface area contributed by atoms with Gasteiger partial charge in [-0.3, -0.25) is 4.79 Å². The molecule has 1 aliphatic carbocycles. The smallest absolute Gasteiger partial charge is 0.242 e. The van der Waals surface area contributed by atoms with Crippen LogP contribution in [0.2, 0.25) is 0 Å². The largest absolute Gasteiger partial charge is 0.341 e. The van der Waals surface area contributed by atoms with Gasteiger partial charge in [0.05, 0.1) is 5.54 Å². The lowest BCUT2D eigenvalue weighted by molar-refractivity contribution is -0.134. The predicted octanol–water partition coefficient (Wildman–Crippen LogP) is 0.981. The fourth-order valence-electron chi connectivity index (χ4n) is 1.33. The first-order valence-electron chi connectivity index (χ1n) is 4.94. The van der Waals surface area contributed by atoms with Crippen LogP contribution in [-0.4, -0.2) is 29.4 Å². The van der Waals surface area contributed by atoms with Gasteiger partial charge in [0.1, 0.15) is 0 Å². The highest BCUT2D eigenvalue weighted by Crippen LogP contribution is 2.34. The first-order valence-corrected chi connectivity index (χ1v) is 4.94. The Balaban J connectivity index is 2.56. The molecule has 76 valence electrons. The molecule has 1 atom stereocenters. The molecule has 2 N–H and O–H groups in total. The van der Waals surface area contributed by atoms with E-state index in [0.717, 1.165) is 12.8 Å². The molecular weight excluding hydrogens is 164 g/mol. The van der Waals surface area contributed by atoms with Crippen LogP contribution in [-0.2, 0) is 4.79 Å². The molecule has 0 aliphatic heterocycles. The van der Waals surface area contributed by atoms with Crippen LogP contribution in [0.25, 0.3) is 0 Å². The van der Waals surface area contributed by atoms with E-state index < -0.39 is 5.54 Å². The van der Waals surface area contributed by atoms with Crippen molar-refractivity contribution in [2.45, 2.75) is 45.2 Å². The minimum atomic E-state index is -0.516. The predicted molar refractivity (Wildman–Crippen MR) is 53.2 cm³/mol. The van der Waals surface area contributed by atoms with Gasteiger partial charge in [0.25, 0.3) is 0 Å². The van der Waals surface area contributed by atoms with Crippen LogP contribution < -0.4 is 5.73 Å². The summed E-state index contributed by atoms with van der Waals surface area (Å²) in [5.41, 5.74) is 5.32. The molecule has 0 aromatic rings. The molecule has 1 fully saturated rings. The van der Waals surface area contributed by atoms with Crippen LogP contribution in [0.1, 0.15) is 33.6 Å². The number of hydrogen-bond acceptors (Lipinski definition) is 2. The number of likely N-dealkylation sites (N-methyl/N-ethyl adjacent to an activating group) is 1. The summed E-state index contributed by atoms with van der Waals surface area (Å²) < 4.78 is 0. The molecular formula is C10H20N2O. The van der Waals surface area contributed by atoms with Gasteiger partial charge in [-0.05, 0) is 25.7 Å².